The Balaban J connectivity index is 1.71. The first-order chi connectivity index (χ1) is 9.25. The average molecular weight is 262 g/mol. The lowest BCUT2D eigenvalue weighted by molar-refractivity contribution is -0.146. The molecule has 2 rings (SSSR count). The smallest absolute Gasteiger partial charge is 0.320 e. The largest absolute Gasteiger partial charge is 0.460 e. The standard InChI is InChI=1S/C15H22N2O2/c1-17(14-7-9-16-10-8-14)11-15(18)19-12-13-5-3-2-4-6-13/h2-6,14,16H,7-12H2,1H3. The van der Waals surface area contributed by atoms with E-state index in [2.05, 4.69) is 10.2 Å². The van der Waals surface area contributed by atoms with Crippen molar-refractivity contribution in [2.45, 2.75) is 25.5 Å². The lowest BCUT2D eigenvalue weighted by Gasteiger charge is -2.30. The van der Waals surface area contributed by atoms with Crippen LogP contribution in [-0.2, 0) is 16.1 Å². The van der Waals surface area contributed by atoms with Crippen molar-refractivity contribution in [3.8, 4) is 0 Å². The molecule has 1 aliphatic rings. The number of nitrogens with one attached hydrogen (secondary N) is 1. The van der Waals surface area contributed by atoms with Gasteiger partial charge in [-0.2, -0.15) is 0 Å². The van der Waals surface area contributed by atoms with Crippen molar-refractivity contribution >= 4 is 5.97 Å². The summed E-state index contributed by atoms with van der Waals surface area (Å²) in [5, 5.41) is 3.33. The maximum atomic E-state index is 11.8. The van der Waals surface area contributed by atoms with Gasteiger partial charge in [0.2, 0.25) is 0 Å². The molecule has 1 aromatic rings. The summed E-state index contributed by atoms with van der Waals surface area (Å²) in [7, 11) is 2.00. The zero-order chi connectivity index (χ0) is 13.5. The van der Waals surface area contributed by atoms with E-state index in [9.17, 15) is 4.79 Å². The molecule has 1 aromatic carbocycles. The number of carbonyl (C=O) groups excluding carboxylic acids is 1. The summed E-state index contributed by atoms with van der Waals surface area (Å²) in [5.74, 6) is -0.148. The van der Waals surface area contributed by atoms with E-state index in [4.69, 9.17) is 4.74 Å². The van der Waals surface area contributed by atoms with Crippen molar-refractivity contribution in [2.24, 2.45) is 0 Å². The molecule has 0 radical (unpaired) electrons. The second-order valence-electron chi connectivity index (χ2n) is 5.04. The third-order valence-electron chi connectivity index (χ3n) is 3.55. The molecule has 0 saturated carbocycles. The Morgan fingerprint density at radius 3 is 2.68 bits per heavy atom. The number of carbonyl (C=O) groups is 1. The summed E-state index contributed by atoms with van der Waals surface area (Å²) in [6.07, 6.45) is 2.20. The second kappa shape index (κ2) is 7.26. The minimum atomic E-state index is -0.148. The van der Waals surface area contributed by atoms with Crippen LogP contribution >= 0.6 is 0 Å². The molecule has 4 heteroatoms. The normalized spacial score (nSPS) is 16.5. The predicted molar refractivity (Wildman–Crippen MR) is 74.8 cm³/mol. The van der Waals surface area contributed by atoms with E-state index in [1.807, 2.05) is 37.4 Å². The molecule has 0 bridgehead atoms. The third kappa shape index (κ3) is 4.65. The summed E-state index contributed by atoms with van der Waals surface area (Å²) in [5.41, 5.74) is 1.03. The van der Waals surface area contributed by atoms with Crippen molar-refractivity contribution in [1.82, 2.24) is 10.2 Å². The van der Waals surface area contributed by atoms with Crippen molar-refractivity contribution in [3.63, 3.8) is 0 Å². The lowest BCUT2D eigenvalue weighted by Crippen LogP contribution is -2.43. The molecule has 1 fully saturated rings. The van der Waals surface area contributed by atoms with Crippen molar-refractivity contribution in [1.29, 1.82) is 0 Å². The Hall–Kier alpha value is -1.39. The molecular formula is C15H22N2O2. The van der Waals surface area contributed by atoms with Crippen LogP contribution in [0.3, 0.4) is 0 Å². The zero-order valence-corrected chi connectivity index (χ0v) is 11.5. The zero-order valence-electron chi connectivity index (χ0n) is 11.5. The number of piperidine rings is 1. The maximum absolute atomic E-state index is 11.8. The van der Waals surface area contributed by atoms with Crippen LogP contribution in [0.2, 0.25) is 0 Å². The molecular weight excluding hydrogens is 240 g/mol. The monoisotopic (exact) mass is 262 g/mol. The van der Waals surface area contributed by atoms with E-state index in [1.165, 1.54) is 0 Å². The lowest BCUT2D eigenvalue weighted by atomic mass is 10.1. The molecule has 0 aliphatic carbocycles. The Kier molecular flexibility index (Phi) is 5.36. The highest BCUT2D eigenvalue weighted by Gasteiger charge is 2.20. The predicted octanol–water partition coefficient (Wildman–Crippen LogP) is 1.41. The first-order valence-corrected chi connectivity index (χ1v) is 6.86. The summed E-state index contributed by atoms with van der Waals surface area (Å²) >= 11 is 0. The molecule has 19 heavy (non-hydrogen) atoms. The molecule has 0 unspecified atom stereocenters. The fourth-order valence-electron chi connectivity index (χ4n) is 2.36. The summed E-state index contributed by atoms with van der Waals surface area (Å²) in [6, 6.07) is 10.3. The van der Waals surface area contributed by atoms with E-state index in [0.29, 0.717) is 19.2 Å². The summed E-state index contributed by atoms with van der Waals surface area (Å²) in [6.45, 7) is 2.80. The number of benzene rings is 1. The average Bonchev–Trinajstić information content (AvgIpc) is 2.47. The molecule has 1 N–H and O–H groups in total. The van der Waals surface area contributed by atoms with Gasteiger partial charge in [0, 0.05) is 6.04 Å². The van der Waals surface area contributed by atoms with Gasteiger partial charge >= 0.3 is 5.97 Å². The molecule has 0 aromatic heterocycles. The van der Waals surface area contributed by atoms with E-state index in [1.54, 1.807) is 0 Å². The highest BCUT2D eigenvalue weighted by molar-refractivity contribution is 5.71. The minimum Gasteiger partial charge on any atom is -0.460 e. The van der Waals surface area contributed by atoms with Crippen LogP contribution in [0.15, 0.2) is 30.3 Å². The molecule has 0 spiro atoms. The van der Waals surface area contributed by atoms with Gasteiger partial charge < -0.3 is 10.1 Å². The SMILES string of the molecule is CN(CC(=O)OCc1ccccc1)C1CCNCC1. The third-order valence-corrected chi connectivity index (χ3v) is 3.55. The number of ether oxygens (including phenoxy) is 1. The Morgan fingerprint density at radius 1 is 1.32 bits per heavy atom. The van der Waals surface area contributed by atoms with Crippen molar-refractivity contribution in [3.05, 3.63) is 35.9 Å². The van der Waals surface area contributed by atoms with Gasteiger partial charge in [-0.15, -0.1) is 0 Å². The van der Waals surface area contributed by atoms with Gasteiger partial charge in [0.1, 0.15) is 6.61 Å². The number of hydrogen-bond donors (Lipinski definition) is 1. The highest BCUT2D eigenvalue weighted by atomic mass is 16.5. The Labute approximate surface area is 114 Å². The molecule has 104 valence electrons. The van der Waals surface area contributed by atoms with Crippen LogP contribution in [-0.4, -0.2) is 43.6 Å². The van der Waals surface area contributed by atoms with E-state index in [-0.39, 0.29) is 5.97 Å². The molecule has 1 aliphatic heterocycles. The fourth-order valence-corrected chi connectivity index (χ4v) is 2.36. The van der Waals surface area contributed by atoms with Crippen LogP contribution in [0, 0.1) is 0 Å². The van der Waals surface area contributed by atoms with Crippen molar-refractivity contribution < 1.29 is 9.53 Å². The Morgan fingerprint density at radius 2 is 2.00 bits per heavy atom. The van der Waals surface area contributed by atoms with Gasteiger partial charge in [-0.25, -0.2) is 0 Å². The van der Waals surface area contributed by atoms with E-state index < -0.39 is 0 Å². The van der Waals surface area contributed by atoms with Gasteiger partial charge in [0.15, 0.2) is 0 Å². The summed E-state index contributed by atoms with van der Waals surface area (Å²) < 4.78 is 5.29. The molecule has 0 atom stereocenters. The molecule has 1 saturated heterocycles. The van der Waals surface area contributed by atoms with E-state index in [0.717, 1.165) is 31.5 Å². The summed E-state index contributed by atoms with van der Waals surface area (Å²) in [4.78, 5) is 13.9. The van der Waals surface area contributed by atoms with Crippen LogP contribution in [0.25, 0.3) is 0 Å². The topological polar surface area (TPSA) is 41.6 Å². The first-order valence-electron chi connectivity index (χ1n) is 6.86. The number of hydrogen-bond acceptors (Lipinski definition) is 4. The van der Waals surface area contributed by atoms with E-state index >= 15 is 0 Å². The quantitative estimate of drug-likeness (QED) is 0.815. The van der Waals surface area contributed by atoms with Crippen LogP contribution in [0.5, 0.6) is 0 Å². The van der Waals surface area contributed by atoms with Crippen molar-refractivity contribution in [2.75, 3.05) is 26.7 Å². The van der Waals surface area contributed by atoms with Gasteiger partial charge in [0.05, 0.1) is 6.54 Å². The Bertz CT molecular complexity index is 388. The number of rotatable bonds is 5. The number of likely N-dealkylation sites (N-methyl/N-ethyl adjacent to an activating group) is 1. The maximum Gasteiger partial charge on any atom is 0.320 e. The number of esters is 1. The number of nitrogens with zero attached hydrogens (tertiary/aromatic N) is 1. The minimum absolute atomic E-state index is 0.148. The second-order valence-corrected chi connectivity index (χ2v) is 5.04. The van der Waals surface area contributed by atoms with Gasteiger partial charge in [0.25, 0.3) is 0 Å². The van der Waals surface area contributed by atoms with Gasteiger partial charge in [-0.1, -0.05) is 30.3 Å². The van der Waals surface area contributed by atoms with Crippen LogP contribution in [0.4, 0.5) is 0 Å². The molecule has 1 heterocycles. The van der Waals surface area contributed by atoms with Gasteiger partial charge in [-0.05, 0) is 38.5 Å². The highest BCUT2D eigenvalue weighted by Crippen LogP contribution is 2.10. The van der Waals surface area contributed by atoms with Crippen LogP contribution in [0.1, 0.15) is 18.4 Å². The molecule has 4 nitrogen and oxygen atoms in total. The first kappa shape index (κ1) is 14.0. The fraction of sp³-hybridized carbons (Fsp3) is 0.533. The molecule has 0 amide bonds. The van der Waals surface area contributed by atoms with Gasteiger partial charge in [-0.3, -0.25) is 9.69 Å². The van der Waals surface area contributed by atoms with Crippen LogP contribution < -0.4 is 5.32 Å².